The average molecular weight is 221 g/mol. The summed E-state index contributed by atoms with van der Waals surface area (Å²) in [6, 6.07) is -0.716. The molecular formula is C6H16Cl2N2O2. The molecule has 0 rings (SSSR count). The molecule has 4 nitrogen and oxygen atoms in total. The molecule has 0 bridgehead atoms. The zero-order valence-electron chi connectivity index (χ0n) is 6.73. The van der Waals surface area contributed by atoms with E-state index < -0.39 is 12.0 Å². The average Bonchev–Trinajstić information content (AvgIpc) is 1.88. The molecule has 0 unspecified atom stereocenters. The van der Waals surface area contributed by atoms with E-state index in [0.29, 0.717) is 13.0 Å². The molecule has 0 fully saturated rings. The van der Waals surface area contributed by atoms with Gasteiger partial charge in [-0.25, -0.2) is 0 Å². The molecule has 0 radical (unpaired) electrons. The van der Waals surface area contributed by atoms with Gasteiger partial charge in [-0.3, -0.25) is 4.79 Å². The van der Waals surface area contributed by atoms with Gasteiger partial charge in [0.15, 0.2) is 0 Å². The maximum absolute atomic E-state index is 10.1. The van der Waals surface area contributed by atoms with Crippen LogP contribution >= 0.6 is 24.8 Å². The minimum atomic E-state index is -0.933. The van der Waals surface area contributed by atoms with E-state index in [-0.39, 0.29) is 24.8 Å². The van der Waals surface area contributed by atoms with E-state index in [2.05, 4.69) is 0 Å². The number of hydrogen-bond donors (Lipinski definition) is 3. The second kappa shape index (κ2) is 11.0. The number of carboxylic acids is 1. The summed E-state index contributed by atoms with van der Waals surface area (Å²) >= 11 is 0. The minimum absolute atomic E-state index is 0. The third-order valence-corrected chi connectivity index (χ3v) is 1.29. The van der Waals surface area contributed by atoms with Crippen molar-refractivity contribution in [2.45, 2.75) is 25.3 Å². The summed E-state index contributed by atoms with van der Waals surface area (Å²) < 4.78 is 0. The summed E-state index contributed by atoms with van der Waals surface area (Å²) in [6.45, 7) is 0.604. The third-order valence-electron chi connectivity index (χ3n) is 1.29. The largest absolute Gasteiger partial charge is 0.480 e. The van der Waals surface area contributed by atoms with Crippen molar-refractivity contribution < 1.29 is 9.90 Å². The molecule has 0 aliphatic heterocycles. The molecule has 12 heavy (non-hydrogen) atoms. The minimum Gasteiger partial charge on any atom is -0.480 e. The molecular weight excluding hydrogens is 205 g/mol. The van der Waals surface area contributed by atoms with E-state index in [1.165, 1.54) is 0 Å². The predicted octanol–water partition coefficient (Wildman–Crippen LogP) is 0.371. The number of carboxylic acid groups (broad SMARTS) is 1. The Hall–Kier alpha value is -0.0300. The Kier molecular flexibility index (Phi) is 16.4. The summed E-state index contributed by atoms with van der Waals surface area (Å²) in [5, 5.41) is 8.33. The fourth-order valence-corrected chi connectivity index (χ4v) is 0.632. The SMILES string of the molecule is Cl.Cl.[15NH2]CCCC[C@H]([15NH2])C(=O)O. The lowest BCUT2D eigenvalue weighted by Gasteiger charge is -2.03. The van der Waals surface area contributed by atoms with Gasteiger partial charge in [0.1, 0.15) is 6.04 Å². The smallest absolute Gasteiger partial charge is 0.320 e. The normalized spacial score (nSPS) is 10.8. The topological polar surface area (TPSA) is 89.3 Å². The van der Waals surface area contributed by atoms with Crippen LogP contribution in [0.15, 0.2) is 0 Å². The van der Waals surface area contributed by atoms with Crippen LogP contribution in [0.5, 0.6) is 0 Å². The fourth-order valence-electron chi connectivity index (χ4n) is 0.632. The van der Waals surface area contributed by atoms with Gasteiger partial charge in [-0.15, -0.1) is 24.8 Å². The van der Waals surface area contributed by atoms with E-state index in [9.17, 15) is 4.79 Å². The molecule has 0 saturated heterocycles. The molecule has 0 aliphatic carbocycles. The highest BCUT2D eigenvalue weighted by molar-refractivity contribution is 5.85. The molecule has 0 amide bonds. The number of hydrogen-bond acceptors (Lipinski definition) is 3. The van der Waals surface area contributed by atoms with E-state index >= 15 is 0 Å². The highest BCUT2D eigenvalue weighted by Gasteiger charge is 2.09. The second-order valence-corrected chi connectivity index (χ2v) is 2.23. The van der Waals surface area contributed by atoms with Crippen LogP contribution < -0.4 is 11.5 Å². The van der Waals surface area contributed by atoms with Gasteiger partial charge in [0.2, 0.25) is 0 Å². The molecule has 5 N–H and O–H groups in total. The van der Waals surface area contributed by atoms with E-state index in [4.69, 9.17) is 16.6 Å². The summed E-state index contributed by atoms with van der Waals surface area (Å²) in [4.78, 5) is 10.1. The summed E-state index contributed by atoms with van der Waals surface area (Å²) in [5.74, 6) is -0.933. The second-order valence-electron chi connectivity index (χ2n) is 2.23. The maximum atomic E-state index is 10.1. The number of halogens is 2. The molecule has 1 atom stereocenters. The zero-order valence-corrected chi connectivity index (χ0v) is 8.37. The Balaban J connectivity index is -0.000000405. The van der Waals surface area contributed by atoms with Crippen LogP contribution in [0.4, 0.5) is 0 Å². The Bertz CT molecular complexity index is 114. The lowest BCUT2D eigenvalue weighted by molar-refractivity contribution is -0.138. The quantitative estimate of drug-likeness (QED) is 0.462. The van der Waals surface area contributed by atoms with Crippen molar-refractivity contribution in [1.29, 1.82) is 0 Å². The molecule has 0 aromatic rings. The van der Waals surface area contributed by atoms with Crippen LogP contribution in [0.2, 0.25) is 0 Å². The number of carbonyl (C=O) groups is 1. The van der Waals surface area contributed by atoms with E-state index in [1.807, 2.05) is 0 Å². The molecule has 0 aromatic carbocycles. The van der Waals surface area contributed by atoms with Crippen LogP contribution in [-0.4, -0.2) is 23.7 Å². The highest BCUT2D eigenvalue weighted by atomic mass is 35.5. The highest BCUT2D eigenvalue weighted by Crippen LogP contribution is 1.96. The van der Waals surface area contributed by atoms with Crippen molar-refractivity contribution >= 4 is 30.8 Å². The van der Waals surface area contributed by atoms with Crippen molar-refractivity contribution in [3.05, 3.63) is 0 Å². The maximum Gasteiger partial charge on any atom is 0.320 e. The van der Waals surface area contributed by atoms with Crippen molar-refractivity contribution in [3.63, 3.8) is 0 Å². The van der Waals surface area contributed by atoms with Gasteiger partial charge < -0.3 is 16.6 Å². The van der Waals surface area contributed by atoms with E-state index in [1.54, 1.807) is 0 Å². The predicted molar refractivity (Wildman–Crippen MR) is 53.0 cm³/mol. The first-order valence-corrected chi connectivity index (χ1v) is 3.37. The lowest BCUT2D eigenvalue weighted by atomic mass is 10.1. The molecule has 0 saturated carbocycles. The van der Waals surface area contributed by atoms with Crippen molar-refractivity contribution in [2.24, 2.45) is 11.5 Å². The van der Waals surface area contributed by atoms with Crippen LogP contribution in [0.1, 0.15) is 19.3 Å². The first kappa shape index (κ1) is 17.9. The van der Waals surface area contributed by atoms with E-state index in [0.717, 1.165) is 12.8 Å². The van der Waals surface area contributed by atoms with Crippen molar-refractivity contribution in [2.75, 3.05) is 6.54 Å². The monoisotopic (exact) mass is 220 g/mol. The fraction of sp³-hybridized carbons (Fsp3) is 0.833. The van der Waals surface area contributed by atoms with Crippen LogP contribution in [0.3, 0.4) is 0 Å². The number of aliphatic carboxylic acids is 1. The van der Waals surface area contributed by atoms with Gasteiger partial charge in [-0.1, -0.05) is 6.42 Å². The first-order valence-electron chi connectivity index (χ1n) is 3.37. The molecule has 0 spiro atoms. The lowest BCUT2D eigenvalue weighted by Crippen LogP contribution is -2.29. The van der Waals surface area contributed by atoms with Gasteiger partial charge in [-0.05, 0) is 19.4 Å². The summed E-state index contributed by atoms with van der Waals surface area (Å²) in [6.07, 6.45) is 2.16. The Morgan fingerprint density at radius 3 is 2.17 bits per heavy atom. The standard InChI is InChI=1S/C6H14N2O2.2ClH/c7-4-2-1-3-5(8)6(9)10;;/h5H,1-4,7-8H2,(H,9,10);2*1H/t5-;;/m0../s1/i7+1,8+1;;. The Morgan fingerprint density at radius 2 is 1.83 bits per heavy atom. The van der Waals surface area contributed by atoms with Gasteiger partial charge in [-0.2, -0.15) is 0 Å². The number of unbranched alkanes of at least 4 members (excludes halogenated alkanes) is 1. The zero-order chi connectivity index (χ0) is 7.98. The van der Waals surface area contributed by atoms with Crippen molar-refractivity contribution in [3.8, 4) is 0 Å². The van der Waals surface area contributed by atoms with Crippen LogP contribution in [-0.2, 0) is 4.79 Å². The third kappa shape index (κ3) is 9.97. The number of nitrogens with two attached hydrogens (primary N) is 2. The Labute approximate surface area is 84.5 Å². The number of rotatable bonds is 5. The summed E-state index contributed by atoms with van der Waals surface area (Å²) in [5.41, 5.74) is 10.4. The summed E-state index contributed by atoms with van der Waals surface area (Å²) in [7, 11) is 0. The van der Waals surface area contributed by atoms with Gasteiger partial charge >= 0.3 is 5.97 Å². The first-order chi connectivity index (χ1) is 4.68. The Morgan fingerprint density at radius 1 is 1.33 bits per heavy atom. The van der Waals surface area contributed by atoms with Gasteiger partial charge in [0, 0.05) is 0 Å². The van der Waals surface area contributed by atoms with Crippen LogP contribution in [0, 0.1) is 0 Å². The van der Waals surface area contributed by atoms with Gasteiger partial charge in [0.05, 0.1) is 0 Å². The molecule has 0 heterocycles. The molecule has 0 aliphatic rings. The van der Waals surface area contributed by atoms with Crippen LogP contribution in [0.25, 0.3) is 0 Å². The van der Waals surface area contributed by atoms with Gasteiger partial charge in [0.25, 0.3) is 0 Å². The van der Waals surface area contributed by atoms with Crippen molar-refractivity contribution in [1.82, 2.24) is 0 Å². The molecule has 76 valence electrons. The molecule has 0 aromatic heterocycles. The molecule has 6 heteroatoms.